The monoisotopic (exact) mass is 200 g/mol. The van der Waals surface area contributed by atoms with Crippen LogP contribution in [0.2, 0.25) is 0 Å². The molecule has 2 unspecified atom stereocenters. The van der Waals surface area contributed by atoms with Crippen molar-refractivity contribution >= 4 is 5.97 Å². The van der Waals surface area contributed by atoms with Crippen LogP contribution in [0.25, 0.3) is 0 Å². The third kappa shape index (κ3) is 1.91. The molecule has 0 aromatic heterocycles. The average molecular weight is 200 g/mol. The number of ether oxygens (including phenoxy) is 2. The van der Waals surface area contributed by atoms with Gasteiger partial charge in [0, 0.05) is 0 Å². The first-order chi connectivity index (χ1) is 6.72. The summed E-state index contributed by atoms with van der Waals surface area (Å²) in [4.78, 5) is 11.1. The van der Waals surface area contributed by atoms with Gasteiger partial charge in [0.15, 0.2) is 6.10 Å². The van der Waals surface area contributed by atoms with Crippen LogP contribution in [0, 0.1) is 5.92 Å². The van der Waals surface area contributed by atoms with Crippen LogP contribution in [0.5, 0.6) is 0 Å². The lowest BCUT2D eigenvalue weighted by Crippen LogP contribution is -2.24. The number of methoxy groups -OCH3 is 1. The summed E-state index contributed by atoms with van der Waals surface area (Å²) in [5.41, 5.74) is 0. The maximum atomic E-state index is 11.1. The van der Waals surface area contributed by atoms with Crippen molar-refractivity contribution in [2.45, 2.75) is 44.0 Å². The standard InChI is InChI=1S/C10H16O4/c1-13-10(12)9-8(14-9)6-2-4-7(11)5-3-6/h6-9,11H,2-5H2,1H3. The topological polar surface area (TPSA) is 59.1 Å². The van der Waals surface area contributed by atoms with Gasteiger partial charge in [-0.25, -0.2) is 4.79 Å². The molecule has 0 aromatic carbocycles. The molecule has 0 bridgehead atoms. The number of epoxide rings is 1. The van der Waals surface area contributed by atoms with E-state index in [9.17, 15) is 9.90 Å². The van der Waals surface area contributed by atoms with Crippen molar-refractivity contribution in [1.82, 2.24) is 0 Å². The fourth-order valence-electron chi connectivity index (χ4n) is 2.22. The highest BCUT2D eigenvalue weighted by atomic mass is 16.6. The van der Waals surface area contributed by atoms with Crippen LogP contribution in [0.3, 0.4) is 0 Å². The van der Waals surface area contributed by atoms with Crippen molar-refractivity contribution in [3.63, 3.8) is 0 Å². The first-order valence-electron chi connectivity index (χ1n) is 5.13. The molecule has 1 heterocycles. The Hall–Kier alpha value is -0.610. The molecule has 1 aliphatic heterocycles. The molecule has 2 rings (SSSR count). The predicted molar refractivity (Wildman–Crippen MR) is 48.6 cm³/mol. The van der Waals surface area contributed by atoms with E-state index in [0.29, 0.717) is 5.92 Å². The number of hydrogen-bond donors (Lipinski definition) is 1. The summed E-state index contributed by atoms with van der Waals surface area (Å²) >= 11 is 0. The Balaban J connectivity index is 1.79. The lowest BCUT2D eigenvalue weighted by Gasteiger charge is -2.23. The molecule has 2 fully saturated rings. The van der Waals surface area contributed by atoms with Crippen LogP contribution in [0.1, 0.15) is 25.7 Å². The van der Waals surface area contributed by atoms with Gasteiger partial charge in [-0.05, 0) is 31.6 Å². The summed E-state index contributed by atoms with van der Waals surface area (Å²) in [5, 5.41) is 9.32. The van der Waals surface area contributed by atoms with Crippen LogP contribution in [-0.4, -0.2) is 36.5 Å². The molecular formula is C10H16O4. The van der Waals surface area contributed by atoms with Gasteiger partial charge in [0.25, 0.3) is 0 Å². The Morgan fingerprint density at radius 1 is 1.36 bits per heavy atom. The number of carbonyl (C=O) groups excluding carboxylic acids is 1. The highest BCUT2D eigenvalue weighted by Crippen LogP contribution is 2.38. The number of aliphatic hydroxyl groups excluding tert-OH is 1. The van der Waals surface area contributed by atoms with Crippen molar-refractivity contribution in [1.29, 1.82) is 0 Å². The molecule has 0 spiro atoms. The van der Waals surface area contributed by atoms with Crippen molar-refractivity contribution in [2.75, 3.05) is 7.11 Å². The fraction of sp³-hybridized carbons (Fsp3) is 0.900. The molecule has 1 N–H and O–H groups in total. The van der Waals surface area contributed by atoms with Crippen molar-refractivity contribution < 1.29 is 19.4 Å². The minimum Gasteiger partial charge on any atom is -0.467 e. The van der Waals surface area contributed by atoms with Gasteiger partial charge in [0.05, 0.1) is 19.3 Å². The summed E-state index contributed by atoms with van der Waals surface area (Å²) in [7, 11) is 1.38. The van der Waals surface area contributed by atoms with Crippen LogP contribution in [-0.2, 0) is 14.3 Å². The zero-order valence-corrected chi connectivity index (χ0v) is 8.31. The molecule has 4 heteroatoms. The van der Waals surface area contributed by atoms with Crippen molar-refractivity contribution in [3.05, 3.63) is 0 Å². The van der Waals surface area contributed by atoms with Gasteiger partial charge in [-0.1, -0.05) is 0 Å². The largest absolute Gasteiger partial charge is 0.467 e. The van der Waals surface area contributed by atoms with Gasteiger partial charge < -0.3 is 14.6 Å². The van der Waals surface area contributed by atoms with Crippen LogP contribution in [0.4, 0.5) is 0 Å². The summed E-state index contributed by atoms with van der Waals surface area (Å²) in [5.74, 6) is 0.170. The van der Waals surface area contributed by atoms with E-state index < -0.39 is 0 Å². The summed E-state index contributed by atoms with van der Waals surface area (Å²) in [6.45, 7) is 0. The lowest BCUT2D eigenvalue weighted by molar-refractivity contribution is -0.142. The Morgan fingerprint density at radius 2 is 2.00 bits per heavy atom. The SMILES string of the molecule is COC(=O)C1OC1C1CCC(O)CC1. The molecule has 80 valence electrons. The lowest BCUT2D eigenvalue weighted by atomic mass is 9.84. The Bertz CT molecular complexity index is 220. The number of carbonyl (C=O) groups is 1. The van der Waals surface area contributed by atoms with Gasteiger partial charge in [-0.2, -0.15) is 0 Å². The molecule has 14 heavy (non-hydrogen) atoms. The average Bonchev–Trinajstić information content (AvgIpc) is 2.98. The number of esters is 1. The normalized spacial score (nSPS) is 41.9. The van der Waals surface area contributed by atoms with E-state index in [0.717, 1.165) is 25.7 Å². The molecule has 1 saturated heterocycles. The number of rotatable bonds is 2. The second-order valence-corrected chi connectivity index (χ2v) is 4.11. The van der Waals surface area contributed by atoms with E-state index in [4.69, 9.17) is 4.74 Å². The van der Waals surface area contributed by atoms with E-state index in [1.807, 2.05) is 0 Å². The van der Waals surface area contributed by atoms with Crippen LogP contribution < -0.4 is 0 Å². The minimum absolute atomic E-state index is 0.0509. The Kier molecular flexibility index (Phi) is 2.74. The van der Waals surface area contributed by atoms with E-state index >= 15 is 0 Å². The summed E-state index contributed by atoms with van der Waals surface area (Å²) in [6, 6.07) is 0. The summed E-state index contributed by atoms with van der Waals surface area (Å²) in [6.07, 6.45) is 3.15. The quantitative estimate of drug-likeness (QED) is 0.520. The smallest absolute Gasteiger partial charge is 0.337 e. The maximum absolute atomic E-state index is 11.1. The number of hydrogen-bond acceptors (Lipinski definition) is 4. The van der Waals surface area contributed by atoms with E-state index in [-0.39, 0.29) is 24.3 Å². The molecule has 4 nitrogen and oxygen atoms in total. The third-order valence-corrected chi connectivity index (χ3v) is 3.16. The van der Waals surface area contributed by atoms with Crippen molar-refractivity contribution in [2.24, 2.45) is 5.92 Å². The molecule has 0 radical (unpaired) electrons. The van der Waals surface area contributed by atoms with Gasteiger partial charge in [0.1, 0.15) is 0 Å². The second kappa shape index (κ2) is 3.87. The highest BCUT2D eigenvalue weighted by Gasteiger charge is 2.50. The van der Waals surface area contributed by atoms with Gasteiger partial charge in [-0.3, -0.25) is 0 Å². The van der Waals surface area contributed by atoms with Crippen molar-refractivity contribution in [3.8, 4) is 0 Å². The minimum atomic E-state index is -0.333. The van der Waals surface area contributed by atoms with Gasteiger partial charge >= 0.3 is 5.97 Å². The molecule has 1 aliphatic carbocycles. The van der Waals surface area contributed by atoms with E-state index in [1.165, 1.54) is 7.11 Å². The van der Waals surface area contributed by atoms with E-state index in [1.54, 1.807) is 0 Å². The Labute approximate surface area is 83.2 Å². The van der Waals surface area contributed by atoms with Crippen LogP contribution >= 0.6 is 0 Å². The van der Waals surface area contributed by atoms with Gasteiger partial charge in [0.2, 0.25) is 0 Å². The highest BCUT2D eigenvalue weighted by molar-refractivity contribution is 5.77. The van der Waals surface area contributed by atoms with E-state index in [2.05, 4.69) is 4.74 Å². The zero-order valence-electron chi connectivity index (χ0n) is 8.31. The first kappa shape index (κ1) is 9.93. The molecule has 2 atom stereocenters. The summed E-state index contributed by atoms with van der Waals surface area (Å²) < 4.78 is 9.89. The molecule has 0 amide bonds. The zero-order chi connectivity index (χ0) is 10.1. The first-order valence-corrected chi connectivity index (χ1v) is 5.13. The molecule has 0 aromatic rings. The predicted octanol–water partition coefficient (Wildman–Crippen LogP) is 0.478. The fourth-order valence-corrected chi connectivity index (χ4v) is 2.22. The van der Waals surface area contributed by atoms with Gasteiger partial charge in [-0.15, -0.1) is 0 Å². The molecule has 1 saturated carbocycles. The maximum Gasteiger partial charge on any atom is 0.337 e. The molecular weight excluding hydrogens is 184 g/mol. The molecule has 2 aliphatic rings. The second-order valence-electron chi connectivity index (χ2n) is 4.11. The number of aliphatic hydroxyl groups is 1. The third-order valence-electron chi connectivity index (χ3n) is 3.16. The van der Waals surface area contributed by atoms with Crippen LogP contribution in [0.15, 0.2) is 0 Å². The Morgan fingerprint density at radius 3 is 2.57 bits per heavy atom.